The van der Waals surface area contributed by atoms with E-state index in [-0.39, 0.29) is 0 Å². The summed E-state index contributed by atoms with van der Waals surface area (Å²) in [5.41, 5.74) is 9.60. The zero-order valence-corrected chi connectivity index (χ0v) is 13.0. The molecule has 0 saturated heterocycles. The van der Waals surface area contributed by atoms with Crippen LogP contribution in [0.5, 0.6) is 5.75 Å². The Hall–Kier alpha value is -1.49. The Morgan fingerprint density at radius 3 is 2.74 bits per heavy atom. The Kier molecular flexibility index (Phi) is 4.14. The average Bonchev–Trinajstić information content (AvgIpc) is 2.64. The highest BCUT2D eigenvalue weighted by atomic mass is 79.9. The third-order valence-corrected chi connectivity index (χ3v) is 3.98. The number of nitrogens with two attached hydrogens (primary N) is 1. The van der Waals surface area contributed by atoms with Crippen LogP contribution in [0.3, 0.4) is 0 Å². The van der Waals surface area contributed by atoms with E-state index in [9.17, 15) is 0 Å². The van der Waals surface area contributed by atoms with Gasteiger partial charge >= 0.3 is 0 Å². The molecule has 0 radical (unpaired) electrons. The summed E-state index contributed by atoms with van der Waals surface area (Å²) in [6.07, 6.45) is 0.898. The van der Waals surface area contributed by atoms with Crippen LogP contribution in [0.4, 0.5) is 5.69 Å². The van der Waals surface area contributed by atoms with Gasteiger partial charge in [-0.1, -0.05) is 6.92 Å². The lowest BCUT2D eigenvalue weighted by Gasteiger charge is -2.10. The molecule has 1 heterocycles. The second-order valence-corrected chi connectivity index (χ2v) is 5.29. The highest BCUT2D eigenvalue weighted by Gasteiger charge is 2.13. The molecule has 2 rings (SSSR count). The highest BCUT2D eigenvalue weighted by molar-refractivity contribution is 9.10. The van der Waals surface area contributed by atoms with Crippen LogP contribution in [-0.2, 0) is 20.1 Å². The molecule has 2 aromatic rings. The van der Waals surface area contributed by atoms with Crippen LogP contribution >= 0.6 is 15.9 Å². The molecule has 0 fully saturated rings. The minimum absolute atomic E-state index is 0.481. The smallest absolute Gasteiger partial charge is 0.131 e. The SMILES string of the molecule is CCc1nn(C)c(COc2ccc(N)cc2C)c1Br. The fraction of sp³-hybridized carbons (Fsp3) is 0.357. The predicted molar refractivity (Wildman–Crippen MR) is 80.2 cm³/mol. The molecular weight excluding hydrogens is 306 g/mol. The number of anilines is 1. The first-order valence-electron chi connectivity index (χ1n) is 6.22. The van der Waals surface area contributed by atoms with Crippen LogP contribution in [0.2, 0.25) is 0 Å². The van der Waals surface area contributed by atoms with Crippen molar-refractivity contribution >= 4 is 21.6 Å². The first-order chi connectivity index (χ1) is 9.02. The van der Waals surface area contributed by atoms with Crippen molar-refractivity contribution in [1.29, 1.82) is 0 Å². The number of aromatic nitrogens is 2. The topological polar surface area (TPSA) is 53.1 Å². The van der Waals surface area contributed by atoms with E-state index in [1.54, 1.807) is 0 Å². The van der Waals surface area contributed by atoms with E-state index in [0.717, 1.165) is 39.3 Å². The number of rotatable bonds is 4. The summed E-state index contributed by atoms with van der Waals surface area (Å²) in [5, 5.41) is 4.45. The monoisotopic (exact) mass is 323 g/mol. The Morgan fingerprint density at radius 1 is 1.42 bits per heavy atom. The molecule has 0 saturated carbocycles. The molecule has 0 aliphatic carbocycles. The Bertz CT molecular complexity index is 593. The van der Waals surface area contributed by atoms with Crippen LogP contribution in [0, 0.1) is 6.92 Å². The molecule has 0 aliphatic heterocycles. The third kappa shape index (κ3) is 2.92. The summed E-state index contributed by atoms with van der Waals surface area (Å²) in [7, 11) is 1.93. The van der Waals surface area contributed by atoms with Crippen molar-refractivity contribution in [2.45, 2.75) is 26.9 Å². The molecular formula is C14H18BrN3O. The first kappa shape index (κ1) is 13.9. The largest absolute Gasteiger partial charge is 0.487 e. The lowest BCUT2D eigenvalue weighted by molar-refractivity contribution is 0.292. The van der Waals surface area contributed by atoms with Crippen molar-refractivity contribution in [3.05, 3.63) is 39.6 Å². The molecule has 0 spiro atoms. The second-order valence-electron chi connectivity index (χ2n) is 4.50. The highest BCUT2D eigenvalue weighted by Crippen LogP contribution is 2.25. The fourth-order valence-electron chi connectivity index (χ4n) is 1.96. The Morgan fingerprint density at radius 2 is 2.16 bits per heavy atom. The molecule has 1 aromatic heterocycles. The lowest BCUT2D eigenvalue weighted by atomic mass is 10.2. The van der Waals surface area contributed by atoms with Crippen LogP contribution < -0.4 is 10.5 Å². The van der Waals surface area contributed by atoms with Crippen LogP contribution in [0.25, 0.3) is 0 Å². The summed E-state index contributed by atoms with van der Waals surface area (Å²) >= 11 is 3.58. The van der Waals surface area contributed by atoms with Gasteiger partial charge < -0.3 is 10.5 Å². The quantitative estimate of drug-likeness (QED) is 0.879. The van der Waals surface area contributed by atoms with E-state index in [2.05, 4.69) is 28.0 Å². The molecule has 19 heavy (non-hydrogen) atoms. The standard InChI is InChI=1S/C14H18BrN3O/c1-4-11-14(15)12(18(3)17-11)8-19-13-6-5-10(16)7-9(13)2/h5-7H,4,8,16H2,1-3H3. The van der Waals surface area contributed by atoms with Gasteiger partial charge in [-0.25, -0.2) is 0 Å². The summed E-state index contributed by atoms with van der Waals surface area (Å²) in [6.45, 7) is 4.55. The summed E-state index contributed by atoms with van der Waals surface area (Å²) < 4.78 is 8.74. The van der Waals surface area contributed by atoms with Gasteiger partial charge in [-0.05, 0) is 53.0 Å². The minimum Gasteiger partial charge on any atom is -0.487 e. The average molecular weight is 324 g/mol. The van der Waals surface area contributed by atoms with Crippen LogP contribution in [0.1, 0.15) is 23.9 Å². The maximum atomic E-state index is 5.85. The van der Waals surface area contributed by atoms with E-state index in [4.69, 9.17) is 10.5 Å². The Balaban J connectivity index is 2.16. The van der Waals surface area contributed by atoms with Gasteiger partial charge in [0.05, 0.1) is 15.9 Å². The zero-order valence-electron chi connectivity index (χ0n) is 11.4. The fourth-order valence-corrected chi connectivity index (χ4v) is 2.69. The molecule has 5 heteroatoms. The van der Waals surface area contributed by atoms with Crippen LogP contribution in [0.15, 0.2) is 22.7 Å². The number of nitrogen functional groups attached to an aromatic ring is 1. The summed E-state index contributed by atoms with van der Waals surface area (Å²) in [4.78, 5) is 0. The van der Waals surface area contributed by atoms with Gasteiger partial charge in [-0.2, -0.15) is 5.10 Å². The summed E-state index contributed by atoms with van der Waals surface area (Å²) in [5.74, 6) is 0.848. The van der Waals surface area contributed by atoms with E-state index < -0.39 is 0 Å². The molecule has 1 aromatic carbocycles. The number of hydrogen-bond donors (Lipinski definition) is 1. The number of halogens is 1. The van der Waals surface area contributed by atoms with Crippen molar-refractivity contribution in [3.8, 4) is 5.75 Å². The predicted octanol–water partition coefficient (Wildman–Crippen LogP) is 3.21. The van der Waals surface area contributed by atoms with E-state index in [1.807, 2.05) is 36.9 Å². The normalized spacial score (nSPS) is 10.7. The minimum atomic E-state index is 0.481. The zero-order chi connectivity index (χ0) is 14.0. The number of hydrogen-bond acceptors (Lipinski definition) is 3. The lowest BCUT2D eigenvalue weighted by Crippen LogP contribution is -2.04. The van der Waals surface area contributed by atoms with Crippen molar-refractivity contribution in [2.75, 3.05) is 5.73 Å². The molecule has 0 unspecified atom stereocenters. The van der Waals surface area contributed by atoms with Gasteiger partial charge in [0.25, 0.3) is 0 Å². The van der Waals surface area contributed by atoms with Crippen molar-refractivity contribution in [1.82, 2.24) is 9.78 Å². The number of aryl methyl sites for hydroxylation is 3. The van der Waals surface area contributed by atoms with Gasteiger partial charge in [0.15, 0.2) is 0 Å². The van der Waals surface area contributed by atoms with Gasteiger partial charge in [-0.15, -0.1) is 0 Å². The van der Waals surface area contributed by atoms with Crippen molar-refractivity contribution in [2.24, 2.45) is 7.05 Å². The molecule has 0 aliphatic rings. The molecule has 4 nitrogen and oxygen atoms in total. The van der Waals surface area contributed by atoms with Gasteiger partial charge in [0, 0.05) is 12.7 Å². The second kappa shape index (κ2) is 5.65. The van der Waals surface area contributed by atoms with Crippen molar-refractivity contribution < 1.29 is 4.74 Å². The molecule has 102 valence electrons. The van der Waals surface area contributed by atoms with Gasteiger partial charge in [0.2, 0.25) is 0 Å². The van der Waals surface area contributed by atoms with E-state index >= 15 is 0 Å². The first-order valence-corrected chi connectivity index (χ1v) is 7.01. The molecule has 0 amide bonds. The number of benzene rings is 1. The third-order valence-electron chi connectivity index (χ3n) is 3.07. The number of ether oxygens (including phenoxy) is 1. The van der Waals surface area contributed by atoms with E-state index in [1.165, 1.54) is 0 Å². The molecule has 2 N–H and O–H groups in total. The van der Waals surface area contributed by atoms with E-state index in [0.29, 0.717) is 6.61 Å². The summed E-state index contributed by atoms with van der Waals surface area (Å²) in [6, 6.07) is 5.65. The van der Waals surface area contributed by atoms with Gasteiger partial charge in [-0.3, -0.25) is 4.68 Å². The molecule has 0 bridgehead atoms. The van der Waals surface area contributed by atoms with Crippen molar-refractivity contribution in [3.63, 3.8) is 0 Å². The number of nitrogens with zero attached hydrogens (tertiary/aromatic N) is 2. The maximum Gasteiger partial charge on any atom is 0.131 e. The molecule has 0 atom stereocenters. The van der Waals surface area contributed by atoms with Crippen LogP contribution in [-0.4, -0.2) is 9.78 Å². The Labute approximate surface area is 121 Å². The van der Waals surface area contributed by atoms with Gasteiger partial charge in [0.1, 0.15) is 12.4 Å². The maximum absolute atomic E-state index is 5.85.